The van der Waals surface area contributed by atoms with Gasteiger partial charge in [0.15, 0.2) is 0 Å². The number of rotatable bonds is 7. The van der Waals surface area contributed by atoms with Crippen LogP contribution in [-0.4, -0.2) is 68.1 Å². The number of hydrogen-bond donors (Lipinski definition) is 0. The molecule has 0 saturated carbocycles. The summed E-state index contributed by atoms with van der Waals surface area (Å²) >= 11 is 0. The molecule has 41 heavy (non-hydrogen) atoms. The molecule has 9 heteroatoms. The molecular weight excluding hydrogens is 538 g/mol. The second kappa shape index (κ2) is 10.6. The minimum Gasteiger partial charge on any atom is -0.496 e. The molecular formula is C32H35N3O5S. The maximum atomic E-state index is 13.7. The molecule has 2 aliphatic rings. The van der Waals surface area contributed by atoms with E-state index >= 15 is 0 Å². The number of carbonyl (C=O) groups is 1. The summed E-state index contributed by atoms with van der Waals surface area (Å²) in [5, 5.41) is 0.869. The van der Waals surface area contributed by atoms with Gasteiger partial charge < -0.3 is 9.47 Å². The van der Waals surface area contributed by atoms with Gasteiger partial charge in [0.25, 0.3) is 10.0 Å². The molecule has 1 unspecified atom stereocenters. The molecule has 2 atom stereocenters. The van der Waals surface area contributed by atoms with E-state index < -0.39 is 10.0 Å². The highest BCUT2D eigenvalue weighted by Gasteiger charge is 2.40. The first-order valence-corrected chi connectivity index (χ1v) is 15.3. The van der Waals surface area contributed by atoms with Crippen molar-refractivity contribution in [3.8, 4) is 5.75 Å². The molecule has 2 saturated heterocycles. The number of piperazine rings is 1. The number of nitrogens with zero attached hydrogens (tertiary/aromatic N) is 3. The van der Waals surface area contributed by atoms with Crippen molar-refractivity contribution in [2.75, 3.05) is 33.9 Å². The third-order valence-electron chi connectivity index (χ3n) is 8.63. The molecule has 3 heterocycles. The van der Waals surface area contributed by atoms with Crippen LogP contribution in [0.25, 0.3) is 10.9 Å². The summed E-state index contributed by atoms with van der Waals surface area (Å²) in [6, 6.07) is 19.1. The molecule has 0 bridgehead atoms. The van der Waals surface area contributed by atoms with E-state index in [1.54, 1.807) is 25.4 Å². The second-order valence-electron chi connectivity index (χ2n) is 11.1. The average Bonchev–Trinajstić information content (AvgIpc) is 3.43. The van der Waals surface area contributed by atoms with Crippen molar-refractivity contribution in [1.82, 2.24) is 13.8 Å². The lowest BCUT2D eigenvalue weighted by Gasteiger charge is -2.52. The Kier molecular flexibility index (Phi) is 7.13. The first-order chi connectivity index (χ1) is 19.7. The second-order valence-corrected chi connectivity index (χ2v) is 12.9. The molecule has 214 valence electrons. The summed E-state index contributed by atoms with van der Waals surface area (Å²) < 4.78 is 39.6. The normalized spacial score (nSPS) is 19.5. The Morgan fingerprint density at radius 1 is 0.976 bits per heavy atom. The lowest BCUT2D eigenvalue weighted by molar-refractivity contribution is -0.0331. The fraction of sp³-hybridized carbons (Fsp3) is 0.344. The molecule has 6 rings (SSSR count). The summed E-state index contributed by atoms with van der Waals surface area (Å²) in [4.78, 5) is 17.2. The van der Waals surface area contributed by atoms with Gasteiger partial charge >= 0.3 is 5.97 Å². The quantitative estimate of drug-likeness (QED) is 0.290. The SMILES string of the molecule is COC(=O)c1ccc(C2CN3CC[C@H]3CN2Cc2c(OC)cc(C)c3c2ccn3S(=O)(=O)c2ccc(C)cc2)cc1. The van der Waals surface area contributed by atoms with Gasteiger partial charge in [0.2, 0.25) is 0 Å². The van der Waals surface area contributed by atoms with Crippen molar-refractivity contribution in [3.05, 3.63) is 94.7 Å². The van der Waals surface area contributed by atoms with E-state index in [0.717, 1.165) is 59.4 Å². The van der Waals surface area contributed by atoms with E-state index in [-0.39, 0.29) is 16.9 Å². The van der Waals surface area contributed by atoms with E-state index in [2.05, 4.69) is 9.80 Å². The van der Waals surface area contributed by atoms with Crippen molar-refractivity contribution >= 4 is 26.9 Å². The number of aryl methyl sites for hydroxylation is 2. The first kappa shape index (κ1) is 27.5. The third kappa shape index (κ3) is 4.81. The van der Waals surface area contributed by atoms with Crippen LogP contribution in [0, 0.1) is 13.8 Å². The van der Waals surface area contributed by atoms with Gasteiger partial charge in [-0.2, -0.15) is 0 Å². The zero-order chi connectivity index (χ0) is 28.9. The minimum atomic E-state index is -3.79. The van der Waals surface area contributed by atoms with Gasteiger partial charge in [-0.25, -0.2) is 17.2 Å². The van der Waals surface area contributed by atoms with Crippen LogP contribution in [0.4, 0.5) is 0 Å². The monoisotopic (exact) mass is 573 g/mol. The van der Waals surface area contributed by atoms with Crippen LogP contribution in [0.1, 0.15) is 45.1 Å². The number of hydrogen-bond acceptors (Lipinski definition) is 7. The Bertz CT molecular complexity index is 1710. The summed E-state index contributed by atoms with van der Waals surface area (Å²) in [5.74, 6) is 0.396. The van der Waals surface area contributed by atoms with Crippen LogP contribution >= 0.6 is 0 Å². The highest BCUT2D eigenvalue weighted by molar-refractivity contribution is 7.90. The Morgan fingerprint density at radius 3 is 2.34 bits per heavy atom. The predicted molar refractivity (Wildman–Crippen MR) is 158 cm³/mol. The summed E-state index contributed by atoms with van der Waals surface area (Å²) in [7, 11) is -0.736. The van der Waals surface area contributed by atoms with Gasteiger partial charge in [0, 0.05) is 55.4 Å². The fourth-order valence-corrected chi connectivity index (χ4v) is 7.64. The number of carbonyl (C=O) groups excluding carboxylic acids is 1. The Hall–Kier alpha value is -3.66. The first-order valence-electron chi connectivity index (χ1n) is 13.9. The molecule has 8 nitrogen and oxygen atoms in total. The molecule has 0 spiro atoms. The zero-order valence-electron chi connectivity index (χ0n) is 23.8. The summed E-state index contributed by atoms with van der Waals surface area (Å²) in [6.07, 6.45) is 2.82. The van der Waals surface area contributed by atoms with Crippen molar-refractivity contribution in [1.29, 1.82) is 0 Å². The zero-order valence-corrected chi connectivity index (χ0v) is 24.6. The summed E-state index contributed by atoms with van der Waals surface area (Å²) in [5.41, 5.74) is 5.13. The maximum absolute atomic E-state index is 13.7. The van der Waals surface area contributed by atoms with Gasteiger partial charge in [-0.3, -0.25) is 9.80 Å². The molecule has 4 aromatic rings. The van der Waals surface area contributed by atoms with Gasteiger partial charge in [-0.1, -0.05) is 29.8 Å². The Morgan fingerprint density at radius 2 is 1.71 bits per heavy atom. The van der Waals surface area contributed by atoms with E-state index in [4.69, 9.17) is 9.47 Å². The van der Waals surface area contributed by atoms with Crippen molar-refractivity contribution in [2.45, 2.75) is 43.8 Å². The van der Waals surface area contributed by atoms with Gasteiger partial charge in [-0.05, 0) is 67.8 Å². The number of esters is 1. The van der Waals surface area contributed by atoms with E-state index in [1.165, 1.54) is 11.1 Å². The number of benzene rings is 3. The topological polar surface area (TPSA) is 81.1 Å². The van der Waals surface area contributed by atoms with Crippen LogP contribution in [0.5, 0.6) is 5.75 Å². The smallest absolute Gasteiger partial charge is 0.337 e. The number of ether oxygens (including phenoxy) is 2. The Balaban J connectivity index is 1.41. The van der Waals surface area contributed by atoms with Crippen LogP contribution < -0.4 is 4.74 Å². The van der Waals surface area contributed by atoms with Crippen molar-refractivity contribution in [3.63, 3.8) is 0 Å². The van der Waals surface area contributed by atoms with E-state index in [1.807, 2.05) is 62.4 Å². The fourth-order valence-electron chi connectivity index (χ4n) is 6.23. The van der Waals surface area contributed by atoms with E-state index in [9.17, 15) is 13.2 Å². The highest BCUT2D eigenvalue weighted by Crippen LogP contribution is 2.39. The van der Waals surface area contributed by atoms with Crippen LogP contribution in [0.15, 0.2) is 71.8 Å². The molecule has 2 fully saturated rings. The molecule has 0 amide bonds. The maximum Gasteiger partial charge on any atom is 0.337 e. The van der Waals surface area contributed by atoms with Crippen LogP contribution in [-0.2, 0) is 21.3 Å². The molecule has 3 aromatic carbocycles. The number of methoxy groups -OCH3 is 2. The molecule has 2 aliphatic heterocycles. The number of fused-ring (bicyclic) bond motifs is 2. The molecule has 0 N–H and O–H groups in total. The predicted octanol–water partition coefficient (Wildman–Crippen LogP) is 4.92. The van der Waals surface area contributed by atoms with Crippen molar-refractivity contribution in [2.24, 2.45) is 0 Å². The highest BCUT2D eigenvalue weighted by atomic mass is 32.2. The lowest BCUT2D eigenvalue weighted by Crippen LogP contribution is -2.60. The van der Waals surface area contributed by atoms with E-state index in [0.29, 0.717) is 23.7 Å². The molecule has 0 aliphatic carbocycles. The van der Waals surface area contributed by atoms with Crippen molar-refractivity contribution < 1.29 is 22.7 Å². The Labute approximate surface area is 241 Å². The largest absolute Gasteiger partial charge is 0.496 e. The average molecular weight is 574 g/mol. The van der Waals surface area contributed by atoms with Gasteiger partial charge in [0.05, 0.1) is 30.2 Å². The van der Waals surface area contributed by atoms with Crippen LogP contribution in [0.2, 0.25) is 0 Å². The third-order valence-corrected chi connectivity index (χ3v) is 10.3. The lowest BCUT2D eigenvalue weighted by atomic mass is 9.91. The van der Waals surface area contributed by atoms with Gasteiger partial charge in [-0.15, -0.1) is 0 Å². The van der Waals surface area contributed by atoms with Crippen LogP contribution in [0.3, 0.4) is 0 Å². The standard InChI is InChI=1S/C32H35N3O5S/c1-21-5-11-26(12-6-21)41(37,38)35-16-14-27-28(30(39-3)17-22(2)31(27)35)19-34-18-25-13-15-33(25)20-29(34)23-7-9-24(10-8-23)32(36)40-4/h5-12,14,16-17,25,29H,13,15,18-20H2,1-4H3/t25-,29?/m0/s1. The molecule has 1 aromatic heterocycles. The van der Waals surface area contributed by atoms with Gasteiger partial charge in [0.1, 0.15) is 5.75 Å². The number of aromatic nitrogens is 1. The minimum absolute atomic E-state index is 0.109. The summed E-state index contributed by atoms with van der Waals surface area (Å²) in [6.45, 7) is 7.34. The molecule has 0 radical (unpaired) electrons.